The van der Waals surface area contributed by atoms with Gasteiger partial charge >= 0.3 is 0 Å². The number of hydrogen-bond acceptors (Lipinski definition) is 5. The Morgan fingerprint density at radius 1 is 1.06 bits per heavy atom. The van der Waals surface area contributed by atoms with E-state index in [1.165, 1.54) is 31.7 Å². The molecule has 1 aromatic carbocycles. The fraction of sp³-hybridized carbons (Fsp3) is 0.440. The molecule has 0 aliphatic carbocycles. The van der Waals surface area contributed by atoms with Crippen molar-refractivity contribution >= 4 is 28.2 Å². The number of rotatable bonds is 12. The second-order valence-electron chi connectivity index (χ2n) is 8.22. The average Bonchev–Trinajstić information content (AvgIpc) is 2.78. The quantitative estimate of drug-likeness (QED) is 0.329. The Bertz CT molecular complexity index is 1090. The Hall–Kier alpha value is -2.57. The third-order valence-electron chi connectivity index (χ3n) is 5.88. The molecule has 0 bridgehead atoms. The van der Waals surface area contributed by atoms with Crippen molar-refractivity contribution in [3.63, 3.8) is 0 Å². The summed E-state index contributed by atoms with van der Waals surface area (Å²) in [4.78, 5) is 16.1. The molecule has 0 spiro atoms. The lowest BCUT2D eigenvalue weighted by Crippen LogP contribution is -2.21. The normalized spacial score (nSPS) is 11.2. The number of fused-ring (bicyclic) bond motifs is 1. The lowest BCUT2D eigenvalue weighted by Gasteiger charge is -2.14. The summed E-state index contributed by atoms with van der Waals surface area (Å²) in [6, 6.07) is 9.24. The highest BCUT2D eigenvalue weighted by Gasteiger charge is 2.10. The van der Waals surface area contributed by atoms with Crippen molar-refractivity contribution in [1.29, 1.82) is 0 Å². The van der Waals surface area contributed by atoms with Crippen LogP contribution in [0.25, 0.3) is 10.9 Å². The molecule has 3 rings (SSSR count). The predicted molar refractivity (Wildman–Crippen MR) is 133 cm³/mol. The minimum atomic E-state index is -0.313. The molecule has 0 amide bonds. The van der Waals surface area contributed by atoms with E-state index in [-0.39, 0.29) is 11.2 Å². The van der Waals surface area contributed by atoms with Crippen molar-refractivity contribution in [2.24, 2.45) is 7.05 Å². The van der Waals surface area contributed by atoms with Gasteiger partial charge in [-0.1, -0.05) is 43.4 Å². The second kappa shape index (κ2) is 11.9. The van der Waals surface area contributed by atoms with Gasteiger partial charge in [0.2, 0.25) is 5.43 Å². The van der Waals surface area contributed by atoms with Crippen LogP contribution in [0.3, 0.4) is 0 Å². The molecule has 3 N–H and O–H groups in total. The van der Waals surface area contributed by atoms with E-state index in [4.69, 9.17) is 11.6 Å². The summed E-state index contributed by atoms with van der Waals surface area (Å²) in [5.41, 5.74) is 3.14. The van der Waals surface area contributed by atoms with Crippen molar-refractivity contribution in [2.45, 2.75) is 52.0 Å². The summed E-state index contributed by atoms with van der Waals surface area (Å²) in [5, 5.41) is 18.6. The first kappa shape index (κ1) is 24.1. The number of anilines is 1. The number of pyridine rings is 2. The van der Waals surface area contributed by atoms with Crippen LogP contribution in [0.5, 0.6) is 5.75 Å². The molecule has 0 unspecified atom stereocenters. The van der Waals surface area contributed by atoms with Gasteiger partial charge in [-0.15, -0.1) is 0 Å². The van der Waals surface area contributed by atoms with Crippen molar-refractivity contribution < 1.29 is 5.11 Å². The van der Waals surface area contributed by atoms with Gasteiger partial charge in [-0.3, -0.25) is 9.78 Å². The topological polar surface area (TPSA) is 79.2 Å². The SMILES string of the molecule is Cc1cc(=O)c(O)c(CNCCCCCCCCNc2ccnc3cccc(Cl)c23)n1C. The number of nitrogens with zero attached hydrogens (tertiary/aromatic N) is 2. The minimum absolute atomic E-state index is 0.152. The summed E-state index contributed by atoms with van der Waals surface area (Å²) < 4.78 is 1.86. The van der Waals surface area contributed by atoms with Crippen LogP contribution in [0.4, 0.5) is 5.69 Å². The molecule has 0 aliphatic heterocycles. The zero-order chi connectivity index (χ0) is 22.9. The number of aryl methyl sites for hydroxylation is 1. The van der Waals surface area contributed by atoms with Gasteiger partial charge in [0.25, 0.3) is 0 Å². The van der Waals surface area contributed by atoms with E-state index in [1.54, 1.807) is 0 Å². The molecule has 6 nitrogen and oxygen atoms in total. The van der Waals surface area contributed by atoms with Gasteiger partial charge in [-0.05, 0) is 44.5 Å². The maximum absolute atomic E-state index is 11.7. The Kier molecular flexibility index (Phi) is 8.94. The molecule has 0 saturated carbocycles. The number of aromatic hydroxyl groups is 1. The highest BCUT2D eigenvalue weighted by Crippen LogP contribution is 2.28. The minimum Gasteiger partial charge on any atom is -0.503 e. The molecular weight excluding hydrogens is 424 g/mol. The van der Waals surface area contributed by atoms with Crippen molar-refractivity contribution in [3.05, 3.63) is 63.2 Å². The highest BCUT2D eigenvalue weighted by atomic mass is 35.5. The van der Waals surface area contributed by atoms with Crippen molar-refractivity contribution in [1.82, 2.24) is 14.9 Å². The molecule has 2 aromatic heterocycles. The van der Waals surface area contributed by atoms with Crippen molar-refractivity contribution in [3.8, 4) is 5.75 Å². The van der Waals surface area contributed by atoms with Crippen LogP contribution in [0, 0.1) is 6.92 Å². The van der Waals surface area contributed by atoms with Crippen LogP contribution in [0.1, 0.15) is 49.9 Å². The molecule has 2 heterocycles. The second-order valence-corrected chi connectivity index (χ2v) is 8.63. The Morgan fingerprint density at radius 3 is 2.56 bits per heavy atom. The summed E-state index contributed by atoms with van der Waals surface area (Å²) in [6.07, 6.45) is 8.80. The van der Waals surface area contributed by atoms with Gasteiger partial charge in [-0.2, -0.15) is 0 Å². The highest BCUT2D eigenvalue weighted by molar-refractivity contribution is 6.36. The predicted octanol–water partition coefficient (Wildman–Crippen LogP) is 5.14. The first-order valence-electron chi connectivity index (χ1n) is 11.4. The molecule has 3 aromatic rings. The van der Waals surface area contributed by atoms with E-state index in [0.29, 0.717) is 12.2 Å². The van der Waals surface area contributed by atoms with Crippen LogP contribution in [-0.2, 0) is 13.6 Å². The number of hydrogen-bond donors (Lipinski definition) is 3. The van der Waals surface area contributed by atoms with Gasteiger partial charge in [0.05, 0.1) is 16.2 Å². The first-order chi connectivity index (χ1) is 15.5. The summed E-state index contributed by atoms with van der Waals surface area (Å²) in [7, 11) is 1.87. The fourth-order valence-electron chi connectivity index (χ4n) is 3.89. The number of unbranched alkanes of at least 4 members (excludes halogenated alkanes) is 5. The van der Waals surface area contributed by atoms with E-state index in [2.05, 4.69) is 15.6 Å². The van der Waals surface area contributed by atoms with Crippen LogP contribution in [0.15, 0.2) is 41.3 Å². The molecule has 0 saturated heterocycles. The van der Waals surface area contributed by atoms with E-state index in [0.717, 1.165) is 53.2 Å². The zero-order valence-electron chi connectivity index (χ0n) is 19.0. The van der Waals surface area contributed by atoms with Gasteiger partial charge in [-0.25, -0.2) is 0 Å². The maximum Gasteiger partial charge on any atom is 0.223 e. The summed E-state index contributed by atoms with van der Waals surface area (Å²) in [6.45, 7) is 4.16. The van der Waals surface area contributed by atoms with Gasteiger partial charge in [0, 0.05) is 49.2 Å². The standard InChI is InChI=1S/C25H33ClN4O2/c1-18-16-23(31)25(32)22(30(18)2)17-27-13-7-5-3-4-6-8-14-28-21-12-15-29-20-11-9-10-19(26)24(20)21/h9-12,15-16,27,32H,3-8,13-14,17H2,1-2H3,(H,28,29). The van der Waals surface area contributed by atoms with Crippen LogP contribution < -0.4 is 16.1 Å². The van der Waals surface area contributed by atoms with Gasteiger partial charge < -0.3 is 20.3 Å². The largest absolute Gasteiger partial charge is 0.503 e. The Morgan fingerprint density at radius 2 is 1.78 bits per heavy atom. The number of halogens is 1. The van der Waals surface area contributed by atoms with Crippen LogP contribution in [-0.4, -0.2) is 27.7 Å². The lowest BCUT2D eigenvalue weighted by atomic mass is 10.1. The van der Waals surface area contributed by atoms with Gasteiger partial charge in [0.1, 0.15) is 0 Å². The molecule has 0 atom stereocenters. The zero-order valence-corrected chi connectivity index (χ0v) is 19.7. The molecular formula is C25H33ClN4O2. The van der Waals surface area contributed by atoms with E-state index in [9.17, 15) is 9.90 Å². The molecule has 0 radical (unpaired) electrons. The Labute approximate surface area is 194 Å². The van der Waals surface area contributed by atoms with Crippen LogP contribution >= 0.6 is 11.6 Å². The molecule has 0 aliphatic rings. The third kappa shape index (κ3) is 6.24. The summed E-state index contributed by atoms with van der Waals surface area (Å²) >= 11 is 6.35. The number of aromatic nitrogens is 2. The first-order valence-corrected chi connectivity index (χ1v) is 11.7. The summed E-state index contributed by atoms with van der Waals surface area (Å²) in [5.74, 6) is -0.152. The van der Waals surface area contributed by atoms with Crippen LogP contribution in [0.2, 0.25) is 5.02 Å². The molecule has 7 heteroatoms. The average molecular weight is 457 g/mol. The van der Waals surface area contributed by atoms with E-state index >= 15 is 0 Å². The molecule has 172 valence electrons. The lowest BCUT2D eigenvalue weighted by molar-refractivity contribution is 0.444. The monoisotopic (exact) mass is 456 g/mol. The van der Waals surface area contributed by atoms with Crippen molar-refractivity contribution in [2.75, 3.05) is 18.4 Å². The molecule has 32 heavy (non-hydrogen) atoms. The van der Waals surface area contributed by atoms with E-state index < -0.39 is 0 Å². The third-order valence-corrected chi connectivity index (χ3v) is 6.20. The smallest absolute Gasteiger partial charge is 0.223 e. The number of benzene rings is 1. The maximum atomic E-state index is 11.7. The Balaban J connectivity index is 1.27. The van der Waals surface area contributed by atoms with E-state index in [1.807, 2.05) is 49.0 Å². The molecule has 0 fully saturated rings. The van der Waals surface area contributed by atoms with Gasteiger partial charge in [0.15, 0.2) is 5.75 Å². The number of nitrogens with one attached hydrogen (secondary N) is 2. The fourth-order valence-corrected chi connectivity index (χ4v) is 4.16.